The molecule has 2 aromatic rings. The van der Waals surface area contributed by atoms with E-state index < -0.39 is 11.7 Å². The van der Waals surface area contributed by atoms with Gasteiger partial charge in [0.25, 0.3) is 5.91 Å². The van der Waals surface area contributed by atoms with E-state index in [0.29, 0.717) is 11.3 Å². The fourth-order valence-corrected chi connectivity index (χ4v) is 1.92. The monoisotopic (exact) mass is 284 g/mol. The Morgan fingerprint density at radius 3 is 2.86 bits per heavy atom. The molecule has 0 aliphatic carbocycles. The molecule has 0 saturated heterocycles. The molecule has 0 fully saturated rings. The lowest BCUT2D eigenvalue weighted by molar-refractivity contribution is 0.102. The third kappa shape index (κ3) is 2.98. The van der Waals surface area contributed by atoms with Gasteiger partial charge in [-0.1, -0.05) is 12.1 Å². The van der Waals surface area contributed by atoms with Crippen LogP contribution in [0.25, 0.3) is 0 Å². The van der Waals surface area contributed by atoms with Crippen molar-refractivity contribution in [2.45, 2.75) is 6.92 Å². The quantitative estimate of drug-likeness (QED) is 0.908. The van der Waals surface area contributed by atoms with Crippen LogP contribution < -0.4 is 10.6 Å². The van der Waals surface area contributed by atoms with Crippen LogP contribution in [0.5, 0.6) is 0 Å². The lowest BCUT2D eigenvalue weighted by Gasteiger charge is -2.11. The highest BCUT2D eigenvalue weighted by molar-refractivity contribution is 6.08. The van der Waals surface area contributed by atoms with Crippen LogP contribution in [0.2, 0.25) is 0 Å². The van der Waals surface area contributed by atoms with Crippen molar-refractivity contribution in [3.05, 3.63) is 53.0 Å². The van der Waals surface area contributed by atoms with E-state index in [-0.39, 0.29) is 11.4 Å². The molecular weight excluding hydrogens is 271 g/mol. The SMILES string of the molecule is CNc1ncc(F)cc1C(=O)Nc1cccc(C)c1C#N. The van der Waals surface area contributed by atoms with Crippen LogP contribution in [-0.4, -0.2) is 17.9 Å². The second kappa shape index (κ2) is 6.01. The highest BCUT2D eigenvalue weighted by atomic mass is 19.1. The fraction of sp³-hybridized carbons (Fsp3) is 0.133. The molecule has 0 unspecified atom stereocenters. The molecule has 1 heterocycles. The highest BCUT2D eigenvalue weighted by Gasteiger charge is 2.15. The van der Waals surface area contributed by atoms with E-state index in [1.54, 1.807) is 32.2 Å². The molecule has 5 nitrogen and oxygen atoms in total. The maximum atomic E-state index is 13.3. The Morgan fingerprint density at radius 2 is 2.19 bits per heavy atom. The van der Waals surface area contributed by atoms with Crippen molar-refractivity contribution in [3.8, 4) is 6.07 Å². The number of hydrogen-bond donors (Lipinski definition) is 2. The summed E-state index contributed by atoms with van der Waals surface area (Å²) < 4.78 is 13.3. The minimum atomic E-state index is -0.608. The van der Waals surface area contributed by atoms with Gasteiger partial charge in [0.2, 0.25) is 0 Å². The number of benzene rings is 1. The third-order valence-corrected chi connectivity index (χ3v) is 2.97. The molecule has 0 aliphatic heterocycles. The Kier molecular flexibility index (Phi) is 4.14. The molecule has 0 radical (unpaired) electrons. The zero-order valence-electron chi connectivity index (χ0n) is 11.6. The van der Waals surface area contributed by atoms with Gasteiger partial charge in [-0.3, -0.25) is 4.79 Å². The van der Waals surface area contributed by atoms with E-state index in [1.807, 2.05) is 6.07 Å². The zero-order chi connectivity index (χ0) is 15.4. The molecule has 1 amide bonds. The summed E-state index contributed by atoms with van der Waals surface area (Å²) in [4.78, 5) is 16.1. The molecule has 1 aromatic carbocycles. The van der Waals surface area contributed by atoms with Crippen LogP contribution in [0.4, 0.5) is 15.9 Å². The molecule has 0 spiro atoms. The number of carbonyl (C=O) groups excluding carboxylic acids is 1. The smallest absolute Gasteiger partial charge is 0.259 e. The van der Waals surface area contributed by atoms with Gasteiger partial charge in [0.1, 0.15) is 17.7 Å². The molecule has 0 bridgehead atoms. The molecule has 0 aliphatic rings. The molecule has 0 atom stereocenters. The van der Waals surface area contributed by atoms with Gasteiger partial charge in [-0.05, 0) is 24.6 Å². The molecule has 6 heteroatoms. The van der Waals surface area contributed by atoms with E-state index in [9.17, 15) is 9.18 Å². The maximum Gasteiger partial charge on any atom is 0.259 e. The van der Waals surface area contributed by atoms with Crippen molar-refractivity contribution in [3.63, 3.8) is 0 Å². The molecule has 1 aromatic heterocycles. The normalized spacial score (nSPS) is 9.81. The first-order valence-corrected chi connectivity index (χ1v) is 6.21. The van der Waals surface area contributed by atoms with Crippen LogP contribution in [0, 0.1) is 24.1 Å². The predicted molar refractivity (Wildman–Crippen MR) is 77.6 cm³/mol. The number of halogens is 1. The van der Waals surface area contributed by atoms with Gasteiger partial charge >= 0.3 is 0 Å². The van der Waals surface area contributed by atoms with Gasteiger partial charge in [-0.15, -0.1) is 0 Å². The van der Waals surface area contributed by atoms with E-state index in [2.05, 4.69) is 15.6 Å². The summed E-state index contributed by atoms with van der Waals surface area (Å²) >= 11 is 0. The Morgan fingerprint density at radius 1 is 1.43 bits per heavy atom. The van der Waals surface area contributed by atoms with Crippen LogP contribution in [0.1, 0.15) is 21.5 Å². The van der Waals surface area contributed by atoms with Crippen LogP contribution >= 0.6 is 0 Å². The number of rotatable bonds is 3. The first-order valence-electron chi connectivity index (χ1n) is 6.21. The fourth-order valence-electron chi connectivity index (χ4n) is 1.92. The largest absolute Gasteiger partial charge is 0.372 e. The number of carbonyl (C=O) groups is 1. The maximum absolute atomic E-state index is 13.3. The summed E-state index contributed by atoms with van der Waals surface area (Å²) in [7, 11) is 1.59. The summed E-state index contributed by atoms with van der Waals surface area (Å²) in [6, 6.07) is 8.26. The minimum absolute atomic E-state index is 0.0721. The summed E-state index contributed by atoms with van der Waals surface area (Å²) in [5.41, 5.74) is 1.58. The van der Waals surface area contributed by atoms with E-state index in [1.165, 1.54) is 0 Å². The van der Waals surface area contributed by atoms with E-state index >= 15 is 0 Å². The molecule has 2 rings (SSSR count). The van der Waals surface area contributed by atoms with E-state index in [4.69, 9.17) is 5.26 Å². The number of nitrogens with zero attached hydrogens (tertiary/aromatic N) is 2. The predicted octanol–water partition coefficient (Wildman–Crippen LogP) is 2.69. The summed E-state index contributed by atoms with van der Waals surface area (Å²) in [5.74, 6) is -0.877. The molecule has 106 valence electrons. The van der Waals surface area contributed by atoms with Crippen LogP contribution in [0.3, 0.4) is 0 Å². The number of pyridine rings is 1. The van der Waals surface area contributed by atoms with Gasteiger partial charge in [-0.25, -0.2) is 9.37 Å². The number of amides is 1. The standard InChI is InChI=1S/C15H13FN4O/c1-9-4-3-5-13(12(9)7-17)20-15(21)11-6-10(16)8-19-14(11)18-2/h3-6,8H,1-2H3,(H,18,19)(H,20,21). The van der Waals surface area contributed by atoms with Crippen LogP contribution in [0.15, 0.2) is 30.5 Å². The second-order valence-corrected chi connectivity index (χ2v) is 4.36. The first kappa shape index (κ1) is 14.5. The van der Waals surface area contributed by atoms with Crippen molar-refractivity contribution in [2.75, 3.05) is 17.7 Å². The Balaban J connectivity index is 2.38. The summed E-state index contributed by atoms with van der Waals surface area (Å²) in [6.07, 6.45) is 1.02. The van der Waals surface area contributed by atoms with Gasteiger partial charge in [-0.2, -0.15) is 5.26 Å². The van der Waals surface area contributed by atoms with Gasteiger partial charge in [0.05, 0.1) is 23.0 Å². The third-order valence-electron chi connectivity index (χ3n) is 2.97. The summed E-state index contributed by atoms with van der Waals surface area (Å²) in [6.45, 7) is 1.77. The van der Waals surface area contributed by atoms with Crippen molar-refractivity contribution < 1.29 is 9.18 Å². The van der Waals surface area contributed by atoms with Gasteiger partial charge in [0.15, 0.2) is 0 Å². The number of nitriles is 1. The number of nitrogens with one attached hydrogen (secondary N) is 2. The van der Waals surface area contributed by atoms with Crippen molar-refractivity contribution >= 4 is 17.4 Å². The zero-order valence-corrected chi connectivity index (χ0v) is 11.6. The Labute approximate surface area is 121 Å². The van der Waals surface area contributed by atoms with Gasteiger partial charge in [0, 0.05) is 7.05 Å². The number of aromatic nitrogens is 1. The van der Waals surface area contributed by atoms with E-state index in [0.717, 1.165) is 17.8 Å². The highest BCUT2D eigenvalue weighted by Crippen LogP contribution is 2.21. The molecular formula is C15H13FN4O. The second-order valence-electron chi connectivity index (χ2n) is 4.36. The summed E-state index contributed by atoms with van der Waals surface area (Å²) in [5, 5.41) is 14.5. The van der Waals surface area contributed by atoms with Crippen molar-refractivity contribution in [1.82, 2.24) is 4.98 Å². The Bertz CT molecular complexity index is 737. The topological polar surface area (TPSA) is 77.8 Å². The Hall–Kier alpha value is -2.94. The molecule has 2 N–H and O–H groups in total. The van der Waals surface area contributed by atoms with Crippen LogP contribution in [-0.2, 0) is 0 Å². The lowest BCUT2D eigenvalue weighted by atomic mass is 10.1. The average molecular weight is 284 g/mol. The molecule has 0 saturated carbocycles. The average Bonchev–Trinajstić information content (AvgIpc) is 2.47. The van der Waals surface area contributed by atoms with Crippen molar-refractivity contribution in [1.29, 1.82) is 5.26 Å². The minimum Gasteiger partial charge on any atom is -0.372 e. The first-order chi connectivity index (χ1) is 10.1. The van der Waals surface area contributed by atoms with Gasteiger partial charge < -0.3 is 10.6 Å². The number of aryl methyl sites for hydroxylation is 1. The lowest BCUT2D eigenvalue weighted by Crippen LogP contribution is -2.16. The van der Waals surface area contributed by atoms with Crippen molar-refractivity contribution in [2.24, 2.45) is 0 Å². The number of anilines is 2. The molecule has 21 heavy (non-hydrogen) atoms. The number of hydrogen-bond acceptors (Lipinski definition) is 4.